The average molecular weight is 352 g/mol. The summed E-state index contributed by atoms with van der Waals surface area (Å²) >= 11 is 0. The zero-order chi connectivity index (χ0) is 18.5. The molecule has 0 saturated heterocycles. The molecule has 134 valence electrons. The zero-order valence-corrected chi connectivity index (χ0v) is 15.2. The third-order valence-electron chi connectivity index (χ3n) is 4.60. The fourth-order valence-corrected chi connectivity index (χ4v) is 3.26. The van der Waals surface area contributed by atoms with Crippen LogP contribution in [0.25, 0.3) is 5.69 Å². The molecule has 0 aliphatic carbocycles. The maximum absolute atomic E-state index is 11.8. The minimum atomic E-state index is -0.298. The summed E-state index contributed by atoms with van der Waals surface area (Å²) in [6, 6.07) is 7.45. The van der Waals surface area contributed by atoms with E-state index in [9.17, 15) is 4.79 Å². The summed E-state index contributed by atoms with van der Waals surface area (Å²) in [5.74, 6) is 2.66. The van der Waals surface area contributed by atoms with Crippen molar-refractivity contribution in [3.63, 3.8) is 0 Å². The van der Waals surface area contributed by atoms with Crippen LogP contribution in [0.15, 0.2) is 35.3 Å². The lowest BCUT2D eigenvalue weighted by atomic mass is 9.85. The van der Waals surface area contributed by atoms with E-state index in [0.29, 0.717) is 24.0 Å². The predicted molar refractivity (Wildman–Crippen MR) is 96.5 cm³/mol. The number of ether oxygens (including phenoxy) is 2. The molecule has 1 aliphatic heterocycles. The summed E-state index contributed by atoms with van der Waals surface area (Å²) in [4.78, 5) is 16.2. The quantitative estimate of drug-likeness (QED) is 0.783. The molecule has 7 nitrogen and oxygen atoms in total. The first-order chi connectivity index (χ1) is 12.4. The van der Waals surface area contributed by atoms with Gasteiger partial charge in [0.05, 0.1) is 18.5 Å². The van der Waals surface area contributed by atoms with Gasteiger partial charge in [-0.3, -0.25) is 0 Å². The van der Waals surface area contributed by atoms with Crippen LogP contribution in [0.5, 0.6) is 17.4 Å². The van der Waals surface area contributed by atoms with Crippen LogP contribution in [0.1, 0.15) is 30.8 Å². The highest BCUT2D eigenvalue weighted by Gasteiger charge is 2.36. The fraction of sp³-hybridized carbons (Fsp3) is 0.316. The maximum atomic E-state index is 11.8. The molecule has 0 unspecified atom stereocenters. The second-order valence-electron chi connectivity index (χ2n) is 7.13. The van der Waals surface area contributed by atoms with Gasteiger partial charge >= 0.3 is 5.69 Å². The highest BCUT2D eigenvalue weighted by molar-refractivity contribution is 5.56. The van der Waals surface area contributed by atoms with Crippen LogP contribution < -0.4 is 15.2 Å². The van der Waals surface area contributed by atoms with Crippen LogP contribution in [0.4, 0.5) is 0 Å². The van der Waals surface area contributed by atoms with Gasteiger partial charge in [0.25, 0.3) is 0 Å². The van der Waals surface area contributed by atoms with Gasteiger partial charge in [0, 0.05) is 17.0 Å². The number of nitrogens with zero attached hydrogens (tertiary/aromatic N) is 3. The van der Waals surface area contributed by atoms with E-state index in [1.807, 2.05) is 19.1 Å². The number of benzene rings is 1. The Morgan fingerprint density at radius 1 is 1.23 bits per heavy atom. The summed E-state index contributed by atoms with van der Waals surface area (Å²) < 4.78 is 13.4. The minimum Gasteiger partial charge on any atom is -0.492 e. The van der Waals surface area contributed by atoms with Crippen LogP contribution in [-0.4, -0.2) is 26.4 Å². The lowest BCUT2D eigenvalue weighted by molar-refractivity contribution is 0.289. The Kier molecular flexibility index (Phi) is 3.61. The number of pyridine rings is 1. The Hall–Kier alpha value is -3.09. The van der Waals surface area contributed by atoms with E-state index in [0.717, 1.165) is 22.6 Å². The van der Waals surface area contributed by atoms with Gasteiger partial charge in [0.2, 0.25) is 5.88 Å². The second kappa shape index (κ2) is 5.72. The number of rotatable bonds is 3. The van der Waals surface area contributed by atoms with Crippen LogP contribution in [0, 0.1) is 13.8 Å². The Labute approximate surface area is 150 Å². The van der Waals surface area contributed by atoms with E-state index < -0.39 is 0 Å². The lowest BCUT2D eigenvalue weighted by Crippen LogP contribution is -2.19. The van der Waals surface area contributed by atoms with E-state index in [2.05, 4.69) is 29.0 Å². The van der Waals surface area contributed by atoms with Gasteiger partial charge in [-0.15, -0.1) is 0 Å². The van der Waals surface area contributed by atoms with Crippen LogP contribution >= 0.6 is 0 Å². The van der Waals surface area contributed by atoms with Crippen LogP contribution in [-0.2, 0) is 5.41 Å². The van der Waals surface area contributed by atoms with Crippen LogP contribution in [0.2, 0.25) is 0 Å². The second-order valence-corrected chi connectivity index (χ2v) is 7.13. The van der Waals surface area contributed by atoms with Crippen molar-refractivity contribution in [1.82, 2.24) is 19.7 Å². The molecule has 3 heterocycles. The van der Waals surface area contributed by atoms with E-state index in [-0.39, 0.29) is 11.1 Å². The molecule has 4 rings (SSSR count). The van der Waals surface area contributed by atoms with Gasteiger partial charge in [-0.05, 0) is 31.5 Å². The smallest absolute Gasteiger partial charge is 0.347 e. The maximum Gasteiger partial charge on any atom is 0.347 e. The Morgan fingerprint density at radius 3 is 2.69 bits per heavy atom. The summed E-state index contributed by atoms with van der Waals surface area (Å²) in [7, 11) is 0. The molecule has 1 aromatic carbocycles. The predicted octanol–water partition coefficient (Wildman–Crippen LogP) is 3.03. The molecule has 26 heavy (non-hydrogen) atoms. The monoisotopic (exact) mass is 352 g/mol. The van der Waals surface area contributed by atoms with Gasteiger partial charge in [-0.25, -0.2) is 19.4 Å². The van der Waals surface area contributed by atoms with Crippen molar-refractivity contribution in [3.8, 4) is 23.1 Å². The molecule has 1 aliphatic rings. The van der Waals surface area contributed by atoms with E-state index in [4.69, 9.17) is 9.47 Å². The van der Waals surface area contributed by atoms with Gasteiger partial charge < -0.3 is 9.47 Å². The van der Waals surface area contributed by atoms with Gasteiger partial charge in [-0.2, -0.15) is 5.10 Å². The van der Waals surface area contributed by atoms with Gasteiger partial charge in [0.15, 0.2) is 0 Å². The summed E-state index contributed by atoms with van der Waals surface area (Å²) in [6.07, 6.45) is 1.59. The van der Waals surface area contributed by atoms with E-state index >= 15 is 0 Å². The highest BCUT2D eigenvalue weighted by atomic mass is 16.5. The minimum absolute atomic E-state index is 0.127. The molecule has 0 saturated carbocycles. The lowest BCUT2D eigenvalue weighted by Gasteiger charge is -2.19. The molecular formula is C19H20N4O3. The first-order valence-electron chi connectivity index (χ1n) is 8.42. The average Bonchev–Trinajstić information content (AvgIpc) is 3.11. The van der Waals surface area contributed by atoms with Gasteiger partial charge in [-0.1, -0.05) is 19.9 Å². The highest BCUT2D eigenvalue weighted by Crippen LogP contribution is 2.46. The molecule has 0 spiro atoms. The topological polar surface area (TPSA) is 82.0 Å². The zero-order valence-electron chi connectivity index (χ0n) is 15.2. The molecular weight excluding hydrogens is 332 g/mol. The normalized spacial score (nSPS) is 14.8. The Bertz CT molecular complexity index is 1030. The summed E-state index contributed by atoms with van der Waals surface area (Å²) in [5.41, 5.74) is 2.36. The van der Waals surface area contributed by atoms with E-state index in [1.54, 1.807) is 25.3 Å². The van der Waals surface area contributed by atoms with Crippen molar-refractivity contribution in [1.29, 1.82) is 0 Å². The number of fused-ring (bicyclic) bond motifs is 1. The molecule has 0 amide bonds. The van der Waals surface area contributed by atoms with Crippen molar-refractivity contribution in [2.45, 2.75) is 33.1 Å². The standard InChI is InChI=1S/C19H20N4O3/c1-11-5-7-14(16-17(11)25-10-19(16,3)4)26-15-8-6-13(9-20-15)23-12(2)21-22-18(23)24/h5-9H,10H2,1-4H3,(H,22,24). The molecule has 0 fully saturated rings. The number of hydrogen-bond donors (Lipinski definition) is 1. The first-order valence-corrected chi connectivity index (χ1v) is 8.42. The number of aryl methyl sites for hydroxylation is 2. The molecule has 0 atom stereocenters. The van der Waals surface area contributed by atoms with Crippen molar-refractivity contribution in [3.05, 3.63) is 57.9 Å². The number of hydrogen-bond acceptors (Lipinski definition) is 5. The molecule has 2 aromatic heterocycles. The number of aromatic nitrogens is 4. The molecule has 1 N–H and O–H groups in total. The number of H-pyrrole nitrogens is 1. The largest absolute Gasteiger partial charge is 0.492 e. The molecule has 7 heteroatoms. The van der Waals surface area contributed by atoms with Crippen molar-refractivity contribution in [2.75, 3.05) is 6.61 Å². The Balaban J connectivity index is 1.68. The van der Waals surface area contributed by atoms with E-state index in [1.165, 1.54) is 4.57 Å². The van der Waals surface area contributed by atoms with Crippen LogP contribution in [0.3, 0.4) is 0 Å². The van der Waals surface area contributed by atoms with Crippen molar-refractivity contribution in [2.24, 2.45) is 0 Å². The SMILES string of the molecule is Cc1ccc(Oc2ccc(-n3c(C)n[nH]c3=O)cn2)c2c1OCC2(C)C. The molecule has 0 radical (unpaired) electrons. The van der Waals surface area contributed by atoms with Crippen molar-refractivity contribution >= 4 is 0 Å². The Morgan fingerprint density at radius 2 is 2.04 bits per heavy atom. The molecule has 3 aromatic rings. The number of nitrogens with one attached hydrogen (secondary N) is 1. The summed E-state index contributed by atoms with van der Waals surface area (Å²) in [5, 5.41) is 6.32. The van der Waals surface area contributed by atoms with Crippen molar-refractivity contribution < 1.29 is 9.47 Å². The first kappa shape index (κ1) is 16.4. The molecule has 0 bridgehead atoms. The number of aromatic amines is 1. The summed E-state index contributed by atoms with van der Waals surface area (Å²) in [6.45, 7) is 8.67. The third kappa shape index (κ3) is 2.56. The third-order valence-corrected chi connectivity index (χ3v) is 4.60. The fourth-order valence-electron chi connectivity index (χ4n) is 3.26. The van der Waals surface area contributed by atoms with Gasteiger partial charge in [0.1, 0.15) is 17.3 Å².